The lowest BCUT2D eigenvalue weighted by Gasteiger charge is -2.09. The molecule has 0 aliphatic heterocycles. The van der Waals surface area contributed by atoms with E-state index >= 15 is 0 Å². The van der Waals surface area contributed by atoms with Gasteiger partial charge in [-0.1, -0.05) is 6.92 Å². The number of aryl methyl sites for hydroxylation is 2. The summed E-state index contributed by atoms with van der Waals surface area (Å²) in [5.74, 6) is 8.67. The van der Waals surface area contributed by atoms with Crippen LogP contribution in [0.25, 0.3) is 0 Å². The van der Waals surface area contributed by atoms with Crippen molar-refractivity contribution in [2.24, 2.45) is 12.9 Å². The molecule has 0 saturated carbocycles. The summed E-state index contributed by atoms with van der Waals surface area (Å²) >= 11 is 0. The number of nitrogen functional groups attached to an aromatic ring is 1. The van der Waals surface area contributed by atoms with Crippen LogP contribution in [-0.2, 0) is 19.9 Å². The van der Waals surface area contributed by atoms with E-state index in [1.54, 1.807) is 12.3 Å². The van der Waals surface area contributed by atoms with Gasteiger partial charge in [-0.15, -0.1) is 0 Å². The first-order valence-electron chi connectivity index (χ1n) is 6.77. The van der Waals surface area contributed by atoms with E-state index in [1.807, 2.05) is 17.8 Å². The molecule has 0 bridgehead atoms. The Labute approximate surface area is 118 Å². The Morgan fingerprint density at radius 3 is 2.70 bits per heavy atom. The highest BCUT2D eigenvalue weighted by atomic mass is 15.3. The van der Waals surface area contributed by atoms with Gasteiger partial charge in [-0.3, -0.25) is 0 Å². The van der Waals surface area contributed by atoms with E-state index < -0.39 is 0 Å². The second-order valence-corrected chi connectivity index (χ2v) is 4.58. The second kappa shape index (κ2) is 6.85. The largest absolute Gasteiger partial charge is 0.369 e. The van der Waals surface area contributed by atoms with Crippen LogP contribution in [0, 0.1) is 0 Å². The molecular weight excluding hydrogens is 254 g/mol. The third-order valence-corrected chi connectivity index (χ3v) is 2.97. The Bertz CT molecular complexity index is 549. The fraction of sp³-hybridized carbons (Fsp3) is 0.462. The fourth-order valence-electron chi connectivity index (χ4n) is 1.94. The first kappa shape index (κ1) is 14.3. The molecule has 2 rings (SSSR count). The monoisotopic (exact) mass is 275 g/mol. The number of hydrogen-bond acceptors (Lipinski definition) is 6. The molecule has 0 fully saturated rings. The molecule has 7 heteroatoms. The number of anilines is 2. The SMILES string of the molecule is CCCc1nc(NN)cc(NCCc2nccn2C)n1. The van der Waals surface area contributed by atoms with Crippen LogP contribution in [0.2, 0.25) is 0 Å². The molecule has 2 aromatic heterocycles. The molecule has 0 amide bonds. The first-order chi connectivity index (χ1) is 9.72. The van der Waals surface area contributed by atoms with Crippen LogP contribution in [0.1, 0.15) is 25.0 Å². The number of nitrogens with one attached hydrogen (secondary N) is 2. The van der Waals surface area contributed by atoms with Gasteiger partial charge in [0.1, 0.15) is 23.3 Å². The molecule has 108 valence electrons. The zero-order valence-electron chi connectivity index (χ0n) is 11.9. The van der Waals surface area contributed by atoms with Crippen molar-refractivity contribution in [3.05, 3.63) is 30.1 Å². The van der Waals surface area contributed by atoms with Crippen molar-refractivity contribution >= 4 is 11.6 Å². The van der Waals surface area contributed by atoms with E-state index in [1.165, 1.54) is 0 Å². The van der Waals surface area contributed by atoms with Crippen molar-refractivity contribution in [3.63, 3.8) is 0 Å². The minimum absolute atomic E-state index is 0.628. The van der Waals surface area contributed by atoms with Crippen LogP contribution < -0.4 is 16.6 Å². The predicted octanol–water partition coefficient (Wildman–Crippen LogP) is 1.10. The molecule has 0 aromatic carbocycles. The van der Waals surface area contributed by atoms with Crippen LogP contribution in [0.5, 0.6) is 0 Å². The van der Waals surface area contributed by atoms with Crippen LogP contribution >= 0.6 is 0 Å². The molecule has 2 aromatic rings. The molecule has 4 N–H and O–H groups in total. The van der Waals surface area contributed by atoms with Gasteiger partial charge in [0.05, 0.1) is 0 Å². The van der Waals surface area contributed by atoms with E-state index in [9.17, 15) is 0 Å². The van der Waals surface area contributed by atoms with Crippen molar-refractivity contribution in [2.75, 3.05) is 17.3 Å². The maximum Gasteiger partial charge on any atom is 0.145 e. The lowest BCUT2D eigenvalue weighted by molar-refractivity contribution is 0.785. The normalized spacial score (nSPS) is 10.6. The van der Waals surface area contributed by atoms with Gasteiger partial charge < -0.3 is 15.3 Å². The second-order valence-electron chi connectivity index (χ2n) is 4.58. The molecular formula is C13H21N7. The van der Waals surface area contributed by atoms with Crippen LogP contribution in [-0.4, -0.2) is 26.1 Å². The molecule has 7 nitrogen and oxygen atoms in total. The van der Waals surface area contributed by atoms with Gasteiger partial charge in [-0.25, -0.2) is 20.8 Å². The van der Waals surface area contributed by atoms with Gasteiger partial charge >= 0.3 is 0 Å². The Balaban J connectivity index is 1.97. The first-order valence-corrected chi connectivity index (χ1v) is 6.77. The zero-order valence-corrected chi connectivity index (χ0v) is 11.9. The number of hydrogen-bond donors (Lipinski definition) is 3. The highest BCUT2D eigenvalue weighted by molar-refractivity contribution is 5.46. The molecule has 2 heterocycles. The number of hydrazine groups is 1. The van der Waals surface area contributed by atoms with Crippen molar-refractivity contribution in [1.29, 1.82) is 0 Å². The zero-order chi connectivity index (χ0) is 14.4. The van der Waals surface area contributed by atoms with Crippen LogP contribution in [0.4, 0.5) is 11.6 Å². The molecule has 20 heavy (non-hydrogen) atoms. The minimum Gasteiger partial charge on any atom is -0.369 e. The number of rotatable bonds is 7. The smallest absolute Gasteiger partial charge is 0.145 e. The lowest BCUT2D eigenvalue weighted by Crippen LogP contribution is -2.14. The lowest BCUT2D eigenvalue weighted by atomic mass is 10.3. The predicted molar refractivity (Wildman–Crippen MR) is 79.2 cm³/mol. The van der Waals surface area contributed by atoms with Gasteiger partial charge in [0.2, 0.25) is 0 Å². The number of aromatic nitrogens is 4. The van der Waals surface area contributed by atoms with E-state index in [-0.39, 0.29) is 0 Å². The number of nitrogens with zero attached hydrogens (tertiary/aromatic N) is 4. The molecule has 0 unspecified atom stereocenters. The Morgan fingerprint density at radius 1 is 1.25 bits per heavy atom. The topological polar surface area (TPSA) is 93.7 Å². The van der Waals surface area contributed by atoms with Gasteiger partial charge in [0, 0.05) is 44.9 Å². The number of imidazole rings is 1. The van der Waals surface area contributed by atoms with E-state index in [0.717, 1.165) is 43.3 Å². The van der Waals surface area contributed by atoms with E-state index in [0.29, 0.717) is 5.82 Å². The Hall–Kier alpha value is -2.15. The summed E-state index contributed by atoms with van der Waals surface area (Å²) in [5, 5.41) is 3.28. The number of nitrogens with two attached hydrogens (primary N) is 1. The van der Waals surface area contributed by atoms with E-state index in [2.05, 4.69) is 32.6 Å². The average molecular weight is 275 g/mol. The van der Waals surface area contributed by atoms with Crippen molar-refractivity contribution in [3.8, 4) is 0 Å². The fourth-order valence-corrected chi connectivity index (χ4v) is 1.94. The summed E-state index contributed by atoms with van der Waals surface area (Å²) in [4.78, 5) is 13.1. The minimum atomic E-state index is 0.628. The van der Waals surface area contributed by atoms with Crippen LogP contribution in [0.3, 0.4) is 0 Å². The summed E-state index contributed by atoms with van der Waals surface area (Å²) in [7, 11) is 1.99. The summed E-state index contributed by atoms with van der Waals surface area (Å²) in [6, 6.07) is 1.80. The summed E-state index contributed by atoms with van der Waals surface area (Å²) in [5.41, 5.74) is 2.57. The molecule has 0 atom stereocenters. The summed E-state index contributed by atoms with van der Waals surface area (Å²) < 4.78 is 2.01. The van der Waals surface area contributed by atoms with Crippen LogP contribution in [0.15, 0.2) is 18.5 Å². The molecule has 0 aliphatic carbocycles. The van der Waals surface area contributed by atoms with Gasteiger partial charge in [-0.2, -0.15) is 0 Å². The van der Waals surface area contributed by atoms with Gasteiger partial charge in [0.25, 0.3) is 0 Å². The third kappa shape index (κ3) is 3.67. The third-order valence-electron chi connectivity index (χ3n) is 2.97. The van der Waals surface area contributed by atoms with Crippen molar-refractivity contribution in [2.45, 2.75) is 26.2 Å². The highest BCUT2D eigenvalue weighted by Gasteiger charge is 2.04. The molecule has 0 spiro atoms. The van der Waals surface area contributed by atoms with Gasteiger partial charge in [-0.05, 0) is 6.42 Å². The van der Waals surface area contributed by atoms with E-state index in [4.69, 9.17) is 5.84 Å². The Kier molecular flexibility index (Phi) is 4.89. The average Bonchev–Trinajstić information content (AvgIpc) is 2.84. The molecule has 0 aliphatic rings. The quantitative estimate of drug-likeness (QED) is 0.517. The van der Waals surface area contributed by atoms with Crippen molar-refractivity contribution in [1.82, 2.24) is 19.5 Å². The molecule has 0 radical (unpaired) electrons. The summed E-state index contributed by atoms with van der Waals surface area (Å²) in [6.07, 6.45) is 6.41. The summed E-state index contributed by atoms with van der Waals surface area (Å²) in [6.45, 7) is 2.86. The maximum atomic E-state index is 5.43. The molecule has 0 saturated heterocycles. The van der Waals surface area contributed by atoms with Crippen molar-refractivity contribution < 1.29 is 0 Å². The van der Waals surface area contributed by atoms with Gasteiger partial charge in [0.15, 0.2) is 0 Å². The maximum absolute atomic E-state index is 5.43. The standard InChI is InChI=1S/C13H21N7/c1-3-4-10-17-11(9-12(18-10)19-14)15-6-5-13-16-7-8-20(13)2/h7-9H,3-6,14H2,1-2H3,(H2,15,17,18,19). The highest BCUT2D eigenvalue weighted by Crippen LogP contribution is 2.11. The Morgan fingerprint density at radius 2 is 2.05 bits per heavy atom.